The summed E-state index contributed by atoms with van der Waals surface area (Å²) in [6, 6.07) is 0. The lowest BCUT2D eigenvalue weighted by molar-refractivity contribution is -0.195. The van der Waals surface area contributed by atoms with Crippen molar-refractivity contribution in [3.05, 3.63) is 26.4 Å². The molecule has 3 N–H and O–H groups in total. The molecule has 9 nitrogen and oxygen atoms in total. The highest BCUT2D eigenvalue weighted by Gasteiger charge is 2.60. The molecule has 0 radical (unpaired) electrons. The molecule has 4 saturated carbocycles. The van der Waals surface area contributed by atoms with E-state index in [0.717, 1.165) is 23.8 Å². The van der Waals surface area contributed by atoms with Crippen molar-refractivity contribution in [2.45, 2.75) is 64.0 Å². The van der Waals surface area contributed by atoms with Gasteiger partial charge in [-0.05, 0) is 56.8 Å². The first-order valence-electron chi connectivity index (χ1n) is 10.6. The first kappa shape index (κ1) is 20.8. The highest BCUT2D eigenvalue weighted by molar-refractivity contribution is 6.01. The number of esters is 1. The molecule has 0 spiro atoms. The molecule has 0 saturated heterocycles. The molecular weight excluding hydrogens is 390 g/mol. The summed E-state index contributed by atoms with van der Waals surface area (Å²) < 4.78 is 7.41. The van der Waals surface area contributed by atoms with Crippen LogP contribution >= 0.6 is 0 Å². The molecule has 5 rings (SSSR count). The Bertz CT molecular complexity index is 1010. The van der Waals surface area contributed by atoms with E-state index >= 15 is 0 Å². The molecule has 1 aromatic heterocycles. The van der Waals surface area contributed by atoms with Gasteiger partial charge >= 0.3 is 11.7 Å². The molecule has 4 aliphatic rings. The summed E-state index contributed by atoms with van der Waals surface area (Å²) in [6.07, 6.45) is 4.78. The lowest BCUT2D eigenvalue weighted by Gasteiger charge is -2.58. The van der Waals surface area contributed by atoms with E-state index in [0.29, 0.717) is 37.5 Å². The number of nitrogen functional groups attached to an aromatic ring is 1. The maximum atomic E-state index is 13.0. The molecule has 1 aromatic rings. The zero-order valence-electron chi connectivity index (χ0n) is 17.5. The normalized spacial score (nSPS) is 31.7. The van der Waals surface area contributed by atoms with Crippen LogP contribution in [0.4, 0.5) is 5.82 Å². The first-order chi connectivity index (χ1) is 14.1. The number of nitrogens with zero attached hydrogens (tertiary/aromatic N) is 2. The minimum absolute atomic E-state index is 0.199. The number of rotatable bonds is 6. The van der Waals surface area contributed by atoms with E-state index in [9.17, 15) is 24.3 Å². The summed E-state index contributed by atoms with van der Waals surface area (Å²) in [4.78, 5) is 50.5. The molecule has 0 aromatic carbocycles. The van der Waals surface area contributed by atoms with Crippen LogP contribution in [0.3, 0.4) is 0 Å². The number of nitrogens with two attached hydrogens (primary N) is 1. The van der Waals surface area contributed by atoms with Gasteiger partial charge in [0.2, 0.25) is 5.78 Å². The number of anilines is 1. The fourth-order valence-electron chi connectivity index (χ4n) is 6.29. The van der Waals surface area contributed by atoms with Crippen LogP contribution in [-0.2, 0) is 23.1 Å². The van der Waals surface area contributed by atoms with E-state index in [1.54, 1.807) is 0 Å². The van der Waals surface area contributed by atoms with Crippen LogP contribution in [0, 0.1) is 17.3 Å². The smallest absolute Gasteiger partial charge is 0.332 e. The van der Waals surface area contributed by atoms with Gasteiger partial charge in [-0.3, -0.25) is 23.5 Å². The van der Waals surface area contributed by atoms with Crippen molar-refractivity contribution >= 4 is 17.6 Å². The third kappa shape index (κ3) is 3.19. The van der Waals surface area contributed by atoms with E-state index in [1.807, 2.05) is 6.92 Å². The van der Waals surface area contributed by atoms with Crippen LogP contribution < -0.4 is 17.0 Å². The van der Waals surface area contributed by atoms with Gasteiger partial charge in [0.1, 0.15) is 11.4 Å². The standard InChI is InChI=1S/C21H29N3O6/c1-3-4-24-16(22)15(17(26)23(2)19(24)28)14(25)10-30-18(27)20-6-12-5-13(7-20)9-21(29,8-12)11-20/h12-13,29H,3-11,22H2,1-2H3/t12-,13+,20?,21?. The van der Waals surface area contributed by atoms with Gasteiger partial charge in [0.25, 0.3) is 5.56 Å². The molecule has 1 heterocycles. The second kappa shape index (κ2) is 7.08. The molecule has 2 unspecified atom stereocenters. The van der Waals surface area contributed by atoms with Gasteiger partial charge in [-0.2, -0.15) is 0 Å². The number of ketones is 1. The molecule has 0 aliphatic heterocycles. The van der Waals surface area contributed by atoms with Crippen molar-refractivity contribution in [2.75, 3.05) is 12.3 Å². The largest absolute Gasteiger partial charge is 0.457 e. The Balaban J connectivity index is 1.54. The number of carbonyl (C=O) groups excluding carboxylic acids is 2. The van der Waals surface area contributed by atoms with Crippen LogP contribution in [0.2, 0.25) is 0 Å². The Hall–Kier alpha value is -2.42. The first-order valence-corrected chi connectivity index (χ1v) is 10.6. The number of hydrogen-bond donors (Lipinski definition) is 2. The topological polar surface area (TPSA) is 134 Å². The van der Waals surface area contributed by atoms with Crippen molar-refractivity contribution in [2.24, 2.45) is 24.3 Å². The van der Waals surface area contributed by atoms with Crippen LogP contribution in [-0.4, -0.2) is 38.2 Å². The van der Waals surface area contributed by atoms with Gasteiger partial charge in [-0.25, -0.2) is 4.79 Å². The van der Waals surface area contributed by atoms with Gasteiger partial charge in [0, 0.05) is 13.6 Å². The van der Waals surface area contributed by atoms with Gasteiger partial charge in [-0.1, -0.05) is 6.92 Å². The molecule has 164 valence electrons. The Morgan fingerprint density at radius 1 is 1.20 bits per heavy atom. The second-order valence-electron chi connectivity index (χ2n) is 9.52. The summed E-state index contributed by atoms with van der Waals surface area (Å²) in [5, 5.41) is 10.8. The van der Waals surface area contributed by atoms with Crippen LogP contribution in [0.15, 0.2) is 9.59 Å². The predicted octanol–water partition coefficient (Wildman–Crippen LogP) is 0.596. The SMILES string of the molecule is CCCn1c(N)c(C(=O)COC(=O)C23C[C@@H]4C[C@@H](CC(O)(C4)C2)C3)c(=O)n(C)c1=O. The highest BCUT2D eigenvalue weighted by Crippen LogP contribution is 2.61. The van der Waals surface area contributed by atoms with Crippen LogP contribution in [0.5, 0.6) is 0 Å². The van der Waals surface area contributed by atoms with Crippen molar-refractivity contribution in [1.82, 2.24) is 9.13 Å². The fraction of sp³-hybridized carbons (Fsp3) is 0.714. The van der Waals surface area contributed by atoms with E-state index in [2.05, 4.69) is 0 Å². The molecular formula is C21H29N3O6. The van der Waals surface area contributed by atoms with E-state index in [4.69, 9.17) is 10.5 Å². The zero-order chi connectivity index (χ0) is 21.8. The molecule has 0 amide bonds. The number of aliphatic hydroxyl groups is 1. The van der Waals surface area contributed by atoms with Gasteiger partial charge in [-0.15, -0.1) is 0 Å². The average molecular weight is 419 g/mol. The van der Waals surface area contributed by atoms with Crippen molar-refractivity contribution < 1.29 is 19.4 Å². The number of hydrogen-bond acceptors (Lipinski definition) is 7. The second-order valence-corrected chi connectivity index (χ2v) is 9.52. The van der Waals surface area contributed by atoms with Crippen molar-refractivity contribution in [1.29, 1.82) is 0 Å². The van der Waals surface area contributed by atoms with Crippen LogP contribution in [0.1, 0.15) is 62.2 Å². The van der Waals surface area contributed by atoms with Gasteiger partial charge in [0.05, 0.1) is 11.0 Å². The Morgan fingerprint density at radius 2 is 1.83 bits per heavy atom. The molecule has 4 bridgehead atoms. The fourth-order valence-corrected chi connectivity index (χ4v) is 6.29. The Kier molecular flexibility index (Phi) is 4.91. The van der Waals surface area contributed by atoms with Crippen molar-refractivity contribution in [3.8, 4) is 0 Å². The number of carbonyl (C=O) groups is 2. The summed E-state index contributed by atoms with van der Waals surface area (Å²) in [7, 11) is 1.29. The van der Waals surface area contributed by atoms with Crippen LogP contribution in [0.25, 0.3) is 0 Å². The monoisotopic (exact) mass is 419 g/mol. The Labute approximate surface area is 173 Å². The third-order valence-corrected chi connectivity index (χ3v) is 7.11. The minimum atomic E-state index is -0.816. The quantitative estimate of drug-likeness (QED) is 0.509. The third-order valence-electron chi connectivity index (χ3n) is 7.11. The molecule has 4 aliphatic carbocycles. The highest BCUT2D eigenvalue weighted by atomic mass is 16.5. The molecule has 30 heavy (non-hydrogen) atoms. The van der Waals surface area contributed by atoms with E-state index in [-0.39, 0.29) is 17.9 Å². The summed E-state index contributed by atoms with van der Waals surface area (Å²) in [6.45, 7) is 1.50. The van der Waals surface area contributed by atoms with Gasteiger partial charge in [0.15, 0.2) is 6.61 Å². The number of Topliss-reactive ketones (excluding diaryl/α,β-unsaturated/α-hetero) is 1. The lowest BCUT2D eigenvalue weighted by atomic mass is 9.48. The number of ether oxygens (including phenoxy) is 1. The van der Waals surface area contributed by atoms with E-state index in [1.165, 1.54) is 11.6 Å². The van der Waals surface area contributed by atoms with Gasteiger partial charge < -0.3 is 15.6 Å². The maximum Gasteiger partial charge on any atom is 0.332 e. The number of aromatic nitrogens is 2. The van der Waals surface area contributed by atoms with E-state index < -0.39 is 40.6 Å². The molecule has 4 atom stereocenters. The van der Waals surface area contributed by atoms with Crippen molar-refractivity contribution in [3.63, 3.8) is 0 Å². The summed E-state index contributed by atoms with van der Waals surface area (Å²) in [5.74, 6) is -0.800. The maximum absolute atomic E-state index is 13.0. The minimum Gasteiger partial charge on any atom is -0.457 e. The summed E-state index contributed by atoms with van der Waals surface area (Å²) in [5.41, 5.74) is 2.68. The average Bonchev–Trinajstić information content (AvgIpc) is 2.66. The summed E-state index contributed by atoms with van der Waals surface area (Å²) >= 11 is 0. The Morgan fingerprint density at radius 3 is 2.40 bits per heavy atom. The molecule has 4 fully saturated rings. The zero-order valence-corrected chi connectivity index (χ0v) is 17.5. The predicted molar refractivity (Wildman–Crippen MR) is 108 cm³/mol. The lowest BCUT2D eigenvalue weighted by Crippen LogP contribution is -2.58. The molecule has 9 heteroatoms.